The van der Waals surface area contributed by atoms with Crippen LogP contribution in [-0.4, -0.2) is 54.6 Å². The summed E-state index contributed by atoms with van der Waals surface area (Å²) in [6.45, 7) is -0.203. The Bertz CT molecular complexity index is 3260. The predicted molar refractivity (Wildman–Crippen MR) is 232 cm³/mol. The largest absolute Gasteiger partial charge is 0.507 e. The van der Waals surface area contributed by atoms with E-state index in [2.05, 4.69) is 4.98 Å². The van der Waals surface area contributed by atoms with Crippen molar-refractivity contribution in [2.24, 2.45) is 13.0 Å². The highest BCUT2D eigenvalue weighted by Crippen LogP contribution is 2.63. The second-order valence-electron chi connectivity index (χ2n) is 15.9. The molecule has 1 saturated carbocycles. The van der Waals surface area contributed by atoms with E-state index in [0.29, 0.717) is 55.3 Å². The van der Waals surface area contributed by atoms with Crippen LogP contribution in [0, 0.1) is 5.92 Å². The quantitative estimate of drug-likeness (QED) is 0.151. The third-order valence-electron chi connectivity index (χ3n) is 13.0. The number of anilines is 1. The fourth-order valence-corrected chi connectivity index (χ4v) is 10.4. The van der Waals surface area contributed by atoms with Gasteiger partial charge < -0.3 is 19.1 Å². The normalized spacial score (nSPS) is 20.5. The Morgan fingerprint density at radius 3 is 2.35 bits per heavy atom. The third-order valence-corrected chi connectivity index (χ3v) is 13.2. The molecule has 2 fully saturated rings. The zero-order valence-electron chi connectivity index (χ0n) is 33.8. The van der Waals surface area contributed by atoms with Crippen molar-refractivity contribution in [3.8, 4) is 17.2 Å². The molecule has 4 atom stereocenters. The van der Waals surface area contributed by atoms with Crippen molar-refractivity contribution in [3.05, 3.63) is 168 Å². The van der Waals surface area contributed by atoms with Crippen molar-refractivity contribution < 1.29 is 24.2 Å². The number of methoxy groups -OCH3 is 2. The van der Waals surface area contributed by atoms with Crippen molar-refractivity contribution in [1.82, 2.24) is 23.5 Å². The number of amides is 2. The van der Waals surface area contributed by atoms with Gasteiger partial charge in [0.1, 0.15) is 11.4 Å². The molecule has 5 aromatic carbocycles. The average Bonchev–Trinajstić information content (AvgIpc) is 3.67. The highest BCUT2D eigenvalue weighted by atomic mass is 35.5. The first-order chi connectivity index (χ1) is 30.0. The first-order valence-electron chi connectivity index (χ1n) is 20.1. The fourth-order valence-electron chi connectivity index (χ4n) is 10.2. The molecule has 1 aliphatic carbocycles. The maximum absolute atomic E-state index is 15.6. The number of phenolic OH excluding ortho intramolecular Hbond substituents is 1. The van der Waals surface area contributed by atoms with E-state index in [1.54, 1.807) is 55.6 Å². The molecule has 1 saturated heterocycles. The molecule has 7 aromatic rings. The minimum absolute atomic E-state index is 0.0192. The standard InChI is InChI=1S/C47H39ClN6O8/c1-50-37-25-39(62-3)38(61-2)24-35(37)49-34(43(50)57)19-20-51-45(59)52-21-18-31-36(54(52)46(51)60)23-33-42(56)53(29-14-9-13-28(48)22-29)44(58)47(33,27-11-5-4-6-12-27)40(31)32-17-16-26-10-7-8-15-30(26)41(32)55/h4-18,22,24-25,33,36,40,55H,19-21,23H2,1-3H3/t33-,36+,40+,47+/m0/s1. The van der Waals surface area contributed by atoms with Crippen molar-refractivity contribution in [1.29, 1.82) is 0 Å². The second kappa shape index (κ2) is 14.5. The van der Waals surface area contributed by atoms with Crippen molar-refractivity contribution in [3.63, 3.8) is 0 Å². The summed E-state index contributed by atoms with van der Waals surface area (Å²) in [6, 6.07) is 29.1. The number of imide groups is 1. The molecule has 10 rings (SSSR count). The van der Waals surface area contributed by atoms with Crippen LogP contribution in [0.2, 0.25) is 5.02 Å². The number of phenols is 1. The number of aromatic hydroxyl groups is 1. The molecule has 2 aromatic heterocycles. The Morgan fingerprint density at radius 2 is 1.60 bits per heavy atom. The van der Waals surface area contributed by atoms with Crippen molar-refractivity contribution in [2.75, 3.05) is 19.1 Å². The summed E-state index contributed by atoms with van der Waals surface area (Å²) in [5.74, 6) is -2.23. The number of aryl methyl sites for hydroxylation is 2. The Morgan fingerprint density at radius 1 is 0.855 bits per heavy atom. The zero-order valence-corrected chi connectivity index (χ0v) is 34.6. The third kappa shape index (κ3) is 5.48. The Hall–Kier alpha value is -7.19. The van der Waals surface area contributed by atoms with E-state index in [4.69, 9.17) is 21.1 Å². The molecule has 0 radical (unpaired) electrons. The second-order valence-corrected chi connectivity index (χ2v) is 16.3. The van der Waals surface area contributed by atoms with E-state index in [9.17, 15) is 19.5 Å². The van der Waals surface area contributed by atoms with Gasteiger partial charge in [-0.15, -0.1) is 0 Å². The van der Waals surface area contributed by atoms with Crippen LogP contribution in [0.5, 0.6) is 17.2 Å². The van der Waals surface area contributed by atoms with Crippen LogP contribution in [-0.2, 0) is 41.6 Å². The van der Waals surface area contributed by atoms with Gasteiger partial charge in [0, 0.05) is 54.0 Å². The van der Waals surface area contributed by atoms with Crippen LogP contribution in [0.25, 0.3) is 21.8 Å². The summed E-state index contributed by atoms with van der Waals surface area (Å²) < 4.78 is 16.1. The number of benzene rings is 5. The highest BCUT2D eigenvalue weighted by molar-refractivity contribution is 6.32. The minimum atomic E-state index is -1.59. The molecule has 14 nitrogen and oxygen atoms in total. The first-order valence-corrected chi connectivity index (χ1v) is 20.5. The number of rotatable bonds is 8. The molecule has 0 unspecified atom stereocenters. The van der Waals surface area contributed by atoms with Gasteiger partial charge in [-0.1, -0.05) is 90.5 Å². The number of nitrogens with zero attached hydrogens (tertiary/aromatic N) is 6. The molecule has 15 heteroatoms. The topological polar surface area (TPSA) is 160 Å². The van der Waals surface area contributed by atoms with Crippen LogP contribution in [0.4, 0.5) is 5.69 Å². The van der Waals surface area contributed by atoms with Gasteiger partial charge in [-0.25, -0.2) is 33.4 Å². The summed E-state index contributed by atoms with van der Waals surface area (Å²) in [5, 5.41) is 13.9. The average molecular weight is 851 g/mol. The molecule has 2 aliphatic heterocycles. The summed E-state index contributed by atoms with van der Waals surface area (Å²) in [5.41, 5.74) is -0.259. The molecule has 2 amide bonds. The predicted octanol–water partition coefficient (Wildman–Crippen LogP) is 5.63. The van der Waals surface area contributed by atoms with Gasteiger partial charge in [0.15, 0.2) is 11.5 Å². The van der Waals surface area contributed by atoms with Crippen LogP contribution < -0.4 is 31.3 Å². The maximum Gasteiger partial charge on any atom is 0.347 e. The molecular formula is C47H39ClN6O8. The van der Waals surface area contributed by atoms with Gasteiger partial charge in [0.2, 0.25) is 11.8 Å². The lowest BCUT2D eigenvalue weighted by atomic mass is 9.53. The number of halogens is 1. The molecule has 1 N–H and O–H groups in total. The van der Waals surface area contributed by atoms with E-state index in [0.717, 1.165) is 9.95 Å². The number of hydrogen-bond donors (Lipinski definition) is 1. The molecule has 0 spiro atoms. The molecule has 62 heavy (non-hydrogen) atoms. The summed E-state index contributed by atoms with van der Waals surface area (Å²) in [4.78, 5) is 79.1. The molecule has 3 aliphatic rings. The molecular weight excluding hydrogens is 812 g/mol. The van der Waals surface area contributed by atoms with Gasteiger partial charge in [-0.2, -0.15) is 0 Å². The molecule has 0 bridgehead atoms. The van der Waals surface area contributed by atoms with Gasteiger partial charge in [0.05, 0.1) is 54.9 Å². The van der Waals surface area contributed by atoms with Gasteiger partial charge >= 0.3 is 11.4 Å². The summed E-state index contributed by atoms with van der Waals surface area (Å²) in [7, 11) is 4.60. The summed E-state index contributed by atoms with van der Waals surface area (Å²) in [6.07, 6.45) is 1.78. The SMILES string of the molecule is COc1cc2nc(CCn3c(=O)n4n(c3=O)[C@@H]3C[C@H]5C(=O)N(c6cccc(Cl)c6)C(=O)[C@@]5(c5ccccc5)[C@@H](c5ccc6ccccc6c5O)C3=CC4)c(=O)n(C)c2cc1OC. The lowest BCUT2D eigenvalue weighted by molar-refractivity contribution is -0.124. The van der Waals surface area contributed by atoms with E-state index in [1.807, 2.05) is 60.7 Å². The zero-order chi connectivity index (χ0) is 43.2. The smallest absolute Gasteiger partial charge is 0.347 e. The Labute approximate surface area is 358 Å². The fraction of sp³-hybridized carbons (Fsp3) is 0.234. The highest BCUT2D eigenvalue weighted by Gasteiger charge is 2.69. The summed E-state index contributed by atoms with van der Waals surface area (Å²) >= 11 is 6.45. The first kappa shape index (κ1) is 39.0. The van der Waals surface area contributed by atoms with Crippen LogP contribution in [0.1, 0.15) is 35.2 Å². The van der Waals surface area contributed by atoms with E-state index in [-0.39, 0.29) is 37.4 Å². The van der Waals surface area contributed by atoms with Gasteiger partial charge in [0.25, 0.3) is 5.56 Å². The number of hydrogen-bond acceptors (Lipinski definition) is 9. The van der Waals surface area contributed by atoms with Crippen LogP contribution >= 0.6 is 11.6 Å². The Kier molecular flexibility index (Phi) is 9.10. The van der Waals surface area contributed by atoms with E-state index < -0.39 is 52.0 Å². The minimum Gasteiger partial charge on any atom is -0.507 e. The number of ether oxygens (including phenoxy) is 2. The van der Waals surface area contributed by atoms with Crippen LogP contribution in [0.3, 0.4) is 0 Å². The lowest BCUT2D eigenvalue weighted by Crippen LogP contribution is -2.53. The van der Waals surface area contributed by atoms with Gasteiger partial charge in [-0.3, -0.25) is 14.4 Å². The maximum atomic E-state index is 15.6. The number of fused-ring (bicyclic) bond motifs is 6. The van der Waals surface area contributed by atoms with E-state index in [1.165, 1.54) is 33.1 Å². The lowest BCUT2D eigenvalue weighted by Gasteiger charge is -2.49. The van der Waals surface area contributed by atoms with Gasteiger partial charge in [-0.05, 0) is 41.1 Å². The van der Waals surface area contributed by atoms with Crippen molar-refractivity contribution in [2.45, 2.75) is 43.3 Å². The van der Waals surface area contributed by atoms with Crippen molar-refractivity contribution >= 4 is 50.9 Å². The number of allylic oxidation sites excluding steroid dienone is 2. The number of carbonyl (C=O) groups excluding carboxylic acids is 2. The molecule has 312 valence electrons. The Balaban J connectivity index is 1.13. The molecule has 4 heterocycles. The van der Waals surface area contributed by atoms with E-state index >= 15 is 9.59 Å². The number of carbonyl (C=O) groups is 2. The monoisotopic (exact) mass is 850 g/mol. The van der Waals surface area contributed by atoms with Crippen LogP contribution in [0.15, 0.2) is 129 Å². The number of aromatic nitrogens is 5.